The molecule has 0 saturated carbocycles. The highest BCUT2D eigenvalue weighted by atomic mass is 35.5. The van der Waals surface area contributed by atoms with Crippen LogP contribution in [-0.2, 0) is 6.42 Å². The Morgan fingerprint density at radius 3 is 2.58 bits per heavy atom. The Balaban J connectivity index is 1.84. The first-order valence-electron chi connectivity index (χ1n) is 7.71. The Hall–Kier alpha value is -2.46. The molecular formula is C19H15ClO4. The molecule has 2 N–H and O–H groups in total. The number of Topliss-reactive ketones (excluding diaryl/α,β-unsaturated/α-hetero) is 1. The number of hydrogen-bond acceptors (Lipinski definition) is 4. The van der Waals surface area contributed by atoms with Gasteiger partial charge in [0.15, 0.2) is 17.3 Å². The average molecular weight is 343 g/mol. The minimum absolute atomic E-state index is 0.0144. The van der Waals surface area contributed by atoms with Crippen LogP contribution in [0.2, 0.25) is 5.02 Å². The molecule has 1 aromatic heterocycles. The molecule has 1 heterocycles. The summed E-state index contributed by atoms with van der Waals surface area (Å²) in [7, 11) is 0. The minimum atomic E-state index is -0.240. The molecule has 0 spiro atoms. The smallest absolute Gasteiger partial charge is 0.167 e. The van der Waals surface area contributed by atoms with Crippen molar-refractivity contribution in [1.29, 1.82) is 0 Å². The third-order valence-electron chi connectivity index (χ3n) is 4.72. The molecule has 2 aromatic carbocycles. The molecule has 1 aliphatic carbocycles. The zero-order chi connectivity index (χ0) is 17.0. The number of furan rings is 1. The van der Waals surface area contributed by atoms with Gasteiger partial charge in [0.2, 0.25) is 0 Å². The van der Waals surface area contributed by atoms with E-state index in [0.717, 1.165) is 5.56 Å². The second-order valence-electron chi connectivity index (χ2n) is 6.23. The summed E-state index contributed by atoms with van der Waals surface area (Å²) in [4.78, 5) is 12.7. The van der Waals surface area contributed by atoms with E-state index in [9.17, 15) is 15.0 Å². The van der Waals surface area contributed by atoms with Crippen LogP contribution in [0.25, 0.3) is 11.0 Å². The van der Waals surface area contributed by atoms with Crippen molar-refractivity contribution >= 4 is 28.4 Å². The Morgan fingerprint density at radius 2 is 1.88 bits per heavy atom. The molecule has 5 heteroatoms. The van der Waals surface area contributed by atoms with Crippen LogP contribution in [0.1, 0.15) is 39.6 Å². The van der Waals surface area contributed by atoms with Crippen LogP contribution in [0.4, 0.5) is 0 Å². The SMILES string of the molecule is Cc1c(O)c(O)cc2c3c(oc12)CC(c1ccc(Cl)cc1)CC3=O. The molecule has 4 rings (SSSR count). The van der Waals surface area contributed by atoms with E-state index in [1.54, 1.807) is 6.92 Å². The lowest BCUT2D eigenvalue weighted by Gasteiger charge is -2.20. The van der Waals surface area contributed by atoms with Gasteiger partial charge < -0.3 is 14.6 Å². The highest BCUT2D eigenvalue weighted by molar-refractivity contribution is 6.30. The molecule has 3 aromatic rings. The molecule has 0 aliphatic heterocycles. The molecule has 0 bridgehead atoms. The molecular weight excluding hydrogens is 328 g/mol. The molecule has 24 heavy (non-hydrogen) atoms. The summed E-state index contributed by atoms with van der Waals surface area (Å²) in [6.07, 6.45) is 0.975. The maximum Gasteiger partial charge on any atom is 0.167 e. The first kappa shape index (κ1) is 15.1. The summed E-state index contributed by atoms with van der Waals surface area (Å²) in [5.41, 5.74) is 2.46. The molecule has 1 unspecified atom stereocenters. The van der Waals surface area contributed by atoms with E-state index < -0.39 is 0 Å². The Bertz CT molecular complexity index is 969. The standard InChI is InChI=1S/C19H15ClO4/c1-9-18(23)15(22)8-13-17-14(21)6-11(7-16(17)24-19(9)13)10-2-4-12(20)5-3-10/h2-5,8,11,22-23H,6-7H2,1H3. The molecule has 1 atom stereocenters. The van der Waals surface area contributed by atoms with Crippen molar-refractivity contribution in [2.45, 2.75) is 25.7 Å². The Labute approximate surface area is 143 Å². The van der Waals surface area contributed by atoms with Gasteiger partial charge in [-0.3, -0.25) is 4.79 Å². The summed E-state index contributed by atoms with van der Waals surface area (Å²) < 4.78 is 5.88. The fourth-order valence-electron chi connectivity index (χ4n) is 3.46. The lowest BCUT2D eigenvalue weighted by atomic mass is 9.82. The summed E-state index contributed by atoms with van der Waals surface area (Å²) in [5.74, 6) is 0.172. The van der Waals surface area contributed by atoms with Crippen LogP contribution in [-0.4, -0.2) is 16.0 Å². The normalized spacial score (nSPS) is 17.2. The zero-order valence-corrected chi connectivity index (χ0v) is 13.7. The number of carbonyl (C=O) groups excluding carboxylic acids is 1. The van der Waals surface area contributed by atoms with Gasteiger partial charge in [0, 0.05) is 28.8 Å². The number of phenols is 2. The maximum atomic E-state index is 12.7. The predicted octanol–water partition coefficient (Wildman–Crippen LogP) is 4.72. The Morgan fingerprint density at radius 1 is 1.17 bits per heavy atom. The van der Waals surface area contributed by atoms with Crippen molar-refractivity contribution in [3.8, 4) is 11.5 Å². The van der Waals surface area contributed by atoms with E-state index in [1.165, 1.54) is 6.07 Å². The van der Waals surface area contributed by atoms with Gasteiger partial charge in [0.05, 0.1) is 5.56 Å². The molecule has 4 nitrogen and oxygen atoms in total. The van der Waals surface area contributed by atoms with E-state index >= 15 is 0 Å². The topological polar surface area (TPSA) is 70.7 Å². The first-order chi connectivity index (χ1) is 11.5. The predicted molar refractivity (Wildman–Crippen MR) is 91.1 cm³/mol. The Kier molecular flexibility index (Phi) is 3.32. The number of fused-ring (bicyclic) bond motifs is 3. The van der Waals surface area contributed by atoms with Gasteiger partial charge in [0.25, 0.3) is 0 Å². The number of carbonyl (C=O) groups is 1. The van der Waals surface area contributed by atoms with Gasteiger partial charge in [-0.15, -0.1) is 0 Å². The highest BCUT2D eigenvalue weighted by Crippen LogP contribution is 2.43. The van der Waals surface area contributed by atoms with E-state index in [-0.39, 0.29) is 23.2 Å². The fraction of sp³-hybridized carbons (Fsp3) is 0.211. The van der Waals surface area contributed by atoms with Gasteiger partial charge in [0.1, 0.15) is 11.3 Å². The van der Waals surface area contributed by atoms with Crippen LogP contribution in [0, 0.1) is 6.92 Å². The van der Waals surface area contributed by atoms with E-state index in [2.05, 4.69) is 0 Å². The first-order valence-corrected chi connectivity index (χ1v) is 8.09. The molecule has 0 fully saturated rings. The number of aromatic hydroxyl groups is 2. The van der Waals surface area contributed by atoms with Crippen molar-refractivity contribution in [2.24, 2.45) is 0 Å². The number of hydrogen-bond donors (Lipinski definition) is 2. The largest absolute Gasteiger partial charge is 0.504 e. The van der Waals surface area contributed by atoms with Crippen LogP contribution in [0.15, 0.2) is 34.7 Å². The van der Waals surface area contributed by atoms with Crippen molar-refractivity contribution in [3.63, 3.8) is 0 Å². The molecule has 0 saturated heterocycles. The summed E-state index contributed by atoms with van der Waals surface area (Å²) in [6.45, 7) is 1.66. The lowest BCUT2D eigenvalue weighted by Crippen LogP contribution is -2.17. The molecule has 0 amide bonds. The number of aryl methyl sites for hydroxylation is 1. The average Bonchev–Trinajstić information content (AvgIpc) is 2.92. The van der Waals surface area contributed by atoms with Gasteiger partial charge in [-0.1, -0.05) is 23.7 Å². The van der Waals surface area contributed by atoms with E-state index in [4.69, 9.17) is 16.0 Å². The van der Waals surface area contributed by atoms with Crippen molar-refractivity contribution in [3.05, 3.63) is 57.8 Å². The van der Waals surface area contributed by atoms with E-state index in [1.807, 2.05) is 24.3 Å². The summed E-state index contributed by atoms with van der Waals surface area (Å²) in [5, 5.41) is 21.0. The quantitative estimate of drug-likeness (QED) is 0.628. The molecule has 122 valence electrons. The second kappa shape index (κ2) is 5.28. The highest BCUT2D eigenvalue weighted by Gasteiger charge is 2.32. The van der Waals surface area contributed by atoms with E-state index in [0.29, 0.717) is 45.7 Å². The third-order valence-corrected chi connectivity index (χ3v) is 4.97. The van der Waals surface area contributed by atoms with Crippen LogP contribution < -0.4 is 0 Å². The maximum absolute atomic E-state index is 12.7. The number of halogens is 1. The number of ketones is 1. The zero-order valence-electron chi connectivity index (χ0n) is 13.0. The summed E-state index contributed by atoms with van der Waals surface area (Å²) in [6, 6.07) is 8.89. The third kappa shape index (κ3) is 2.18. The summed E-state index contributed by atoms with van der Waals surface area (Å²) >= 11 is 5.93. The fourth-order valence-corrected chi connectivity index (χ4v) is 3.58. The number of phenolic OH excluding ortho intramolecular Hbond substituents is 2. The molecule has 1 aliphatic rings. The van der Waals surface area contributed by atoms with Gasteiger partial charge in [-0.05, 0) is 36.6 Å². The van der Waals surface area contributed by atoms with Gasteiger partial charge >= 0.3 is 0 Å². The number of rotatable bonds is 1. The van der Waals surface area contributed by atoms with Crippen molar-refractivity contribution < 1.29 is 19.4 Å². The van der Waals surface area contributed by atoms with Crippen molar-refractivity contribution in [1.82, 2.24) is 0 Å². The second-order valence-corrected chi connectivity index (χ2v) is 6.66. The van der Waals surface area contributed by atoms with Crippen LogP contribution >= 0.6 is 11.6 Å². The monoisotopic (exact) mass is 342 g/mol. The van der Waals surface area contributed by atoms with Crippen LogP contribution in [0.3, 0.4) is 0 Å². The van der Waals surface area contributed by atoms with Crippen molar-refractivity contribution in [2.75, 3.05) is 0 Å². The number of benzene rings is 2. The minimum Gasteiger partial charge on any atom is -0.504 e. The van der Waals surface area contributed by atoms with Gasteiger partial charge in [-0.25, -0.2) is 0 Å². The van der Waals surface area contributed by atoms with Gasteiger partial charge in [-0.2, -0.15) is 0 Å². The van der Waals surface area contributed by atoms with Crippen LogP contribution in [0.5, 0.6) is 11.5 Å². The lowest BCUT2D eigenvalue weighted by molar-refractivity contribution is 0.0962. The molecule has 0 radical (unpaired) electrons.